The molecule has 2 amide bonds. The summed E-state index contributed by atoms with van der Waals surface area (Å²) in [7, 11) is 0. The third-order valence-corrected chi connectivity index (χ3v) is 7.39. The van der Waals surface area contributed by atoms with Crippen molar-refractivity contribution in [3.63, 3.8) is 0 Å². The van der Waals surface area contributed by atoms with Gasteiger partial charge in [-0.25, -0.2) is 18.7 Å². The highest BCUT2D eigenvalue weighted by Crippen LogP contribution is 2.63. The molecule has 33 heavy (non-hydrogen) atoms. The van der Waals surface area contributed by atoms with E-state index in [1.165, 1.54) is 6.07 Å². The molecule has 9 nitrogen and oxygen atoms in total. The van der Waals surface area contributed by atoms with E-state index in [2.05, 4.69) is 27.2 Å². The predicted molar refractivity (Wildman–Crippen MR) is 119 cm³/mol. The topological polar surface area (TPSA) is 98.9 Å². The third-order valence-electron chi connectivity index (χ3n) is 7.39. The molecule has 5 heterocycles. The third kappa shape index (κ3) is 3.15. The second-order valence-electron chi connectivity index (χ2n) is 9.45. The van der Waals surface area contributed by atoms with Gasteiger partial charge in [-0.05, 0) is 43.2 Å². The molecular weight excluding hydrogens is 425 g/mol. The van der Waals surface area contributed by atoms with Crippen LogP contribution in [0.25, 0.3) is 5.65 Å². The van der Waals surface area contributed by atoms with Gasteiger partial charge in [-0.3, -0.25) is 4.98 Å². The van der Waals surface area contributed by atoms with Gasteiger partial charge in [0.1, 0.15) is 17.3 Å². The molecule has 0 spiro atoms. The number of piperidine rings is 1. The molecule has 3 aromatic rings. The SMILES string of the molecule is C[C@H]1CCN(C(=O)Nc2cnn3ccc(N4CC[C@H]5C[C@]54c4cc(F)cnc4CO)nc23)C1. The summed E-state index contributed by atoms with van der Waals surface area (Å²) in [4.78, 5) is 25.7. The lowest BCUT2D eigenvalue weighted by Crippen LogP contribution is -2.35. The van der Waals surface area contributed by atoms with Crippen LogP contribution in [-0.4, -0.2) is 55.3 Å². The van der Waals surface area contributed by atoms with Gasteiger partial charge < -0.3 is 20.2 Å². The molecule has 0 bridgehead atoms. The van der Waals surface area contributed by atoms with Crippen LogP contribution in [0, 0.1) is 17.7 Å². The number of pyridine rings is 1. The van der Waals surface area contributed by atoms with Gasteiger partial charge in [-0.1, -0.05) is 6.92 Å². The Kier molecular flexibility index (Phi) is 4.55. The van der Waals surface area contributed by atoms with Crippen LogP contribution in [0.2, 0.25) is 0 Å². The largest absolute Gasteiger partial charge is 0.390 e. The zero-order valence-corrected chi connectivity index (χ0v) is 18.4. The van der Waals surface area contributed by atoms with E-state index in [-0.39, 0.29) is 12.6 Å². The minimum Gasteiger partial charge on any atom is -0.390 e. The molecule has 0 unspecified atom stereocenters. The van der Waals surface area contributed by atoms with Gasteiger partial charge in [0.25, 0.3) is 0 Å². The first-order valence-electron chi connectivity index (χ1n) is 11.4. The molecule has 10 heteroatoms. The van der Waals surface area contributed by atoms with Crippen LogP contribution in [0.4, 0.5) is 20.7 Å². The predicted octanol–water partition coefficient (Wildman–Crippen LogP) is 2.75. The number of hydrogen-bond acceptors (Lipinski definition) is 6. The van der Waals surface area contributed by atoms with Crippen molar-refractivity contribution in [3.05, 3.63) is 47.8 Å². The Morgan fingerprint density at radius 3 is 2.97 bits per heavy atom. The minimum absolute atomic E-state index is 0.139. The van der Waals surface area contributed by atoms with Gasteiger partial charge in [0.15, 0.2) is 5.65 Å². The maximum Gasteiger partial charge on any atom is 0.321 e. The summed E-state index contributed by atoms with van der Waals surface area (Å²) in [5.41, 5.74) is 1.95. The van der Waals surface area contributed by atoms with E-state index in [0.717, 1.165) is 56.5 Å². The Labute approximate surface area is 190 Å². The van der Waals surface area contributed by atoms with Crippen LogP contribution >= 0.6 is 0 Å². The lowest BCUT2D eigenvalue weighted by atomic mass is 10.0. The van der Waals surface area contributed by atoms with E-state index in [9.17, 15) is 14.3 Å². The Hall–Kier alpha value is -3.27. The molecule has 1 aliphatic carbocycles. The van der Waals surface area contributed by atoms with Gasteiger partial charge >= 0.3 is 6.03 Å². The standard InChI is InChI=1S/C23H26FN7O2/c1-14-2-5-29(12-14)22(33)27-18-11-26-31-7-4-20(28-21(18)31)30-6-3-15-9-23(15,30)17-8-16(24)10-25-19(17)13-32/h4,7-8,10-11,14-15,32H,2-3,5-6,9,12-13H2,1H3,(H,27,33)/t14-,15-,23+/m0/s1. The zero-order chi connectivity index (χ0) is 22.7. The average Bonchev–Trinajstić information content (AvgIpc) is 3.12. The Balaban J connectivity index is 1.34. The lowest BCUT2D eigenvalue weighted by Gasteiger charge is -2.31. The molecule has 2 N–H and O–H groups in total. The molecule has 3 aromatic heterocycles. The number of hydrogen-bond donors (Lipinski definition) is 2. The zero-order valence-electron chi connectivity index (χ0n) is 18.4. The van der Waals surface area contributed by atoms with Gasteiger partial charge in [0.05, 0.1) is 30.2 Å². The fourth-order valence-corrected chi connectivity index (χ4v) is 5.65. The number of halogens is 1. The number of rotatable bonds is 4. The number of carbonyl (C=O) groups is 1. The highest BCUT2D eigenvalue weighted by molar-refractivity contribution is 5.93. The monoisotopic (exact) mass is 451 g/mol. The number of amides is 2. The smallest absolute Gasteiger partial charge is 0.321 e. The van der Waals surface area contributed by atoms with Crippen molar-refractivity contribution < 1.29 is 14.3 Å². The van der Waals surface area contributed by atoms with Crippen molar-refractivity contribution in [1.82, 2.24) is 24.5 Å². The highest BCUT2D eigenvalue weighted by atomic mass is 19.1. The number of aliphatic hydroxyl groups excluding tert-OH is 1. The lowest BCUT2D eigenvalue weighted by molar-refractivity contribution is 0.221. The second kappa shape index (κ2) is 7.38. The van der Waals surface area contributed by atoms with E-state index in [4.69, 9.17) is 4.98 Å². The number of urea groups is 1. The molecule has 2 aliphatic heterocycles. The molecule has 1 saturated carbocycles. The van der Waals surface area contributed by atoms with Gasteiger partial charge in [-0.15, -0.1) is 0 Å². The maximum atomic E-state index is 14.1. The number of nitrogens with zero attached hydrogens (tertiary/aromatic N) is 6. The minimum atomic E-state index is -0.409. The number of aromatic nitrogens is 4. The first-order valence-corrected chi connectivity index (χ1v) is 11.4. The summed E-state index contributed by atoms with van der Waals surface area (Å²) in [5.74, 6) is 1.20. The maximum absolute atomic E-state index is 14.1. The molecule has 0 radical (unpaired) electrons. The number of anilines is 2. The van der Waals surface area contributed by atoms with Crippen molar-refractivity contribution in [2.24, 2.45) is 11.8 Å². The summed E-state index contributed by atoms with van der Waals surface area (Å²) in [6.45, 7) is 4.17. The number of carbonyl (C=O) groups excluding carboxylic acids is 1. The molecule has 0 aromatic carbocycles. The molecule has 3 atom stereocenters. The fourth-order valence-electron chi connectivity index (χ4n) is 5.65. The van der Waals surface area contributed by atoms with E-state index in [1.807, 2.05) is 17.2 Å². The average molecular weight is 452 g/mol. The Morgan fingerprint density at radius 1 is 1.33 bits per heavy atom. The number of likely N-dealkylation sites (tertiary alicyclic amines) is 1. The second-order valence-corrected chi connectivity index (χ2v) is 9.45. The van der Waals surface area contributed by atoms with Crippen LogP contribution in [0.3, 0.4) is 0 Å². The van der Waals surface area contributed by atoms with Crippen LogP contribution in [-0.2, 0) is 12.1 Å². The summed E-state index contributed by atoms with van der Waals surface area (Å²) < 4.78 is 15.8. The van der Waals surface area contributed by atoms with Crippen molar-refractivity contribution in [1.29, 1.82) is 0 Å². The van der Waals surface area contributed by atoms with Gasteiger partial charge in [0, 0.05) is 31.4 Å². The van der Waals surface area contributed by atoms with Crippen molar-refractivity contribution >= 4 is 23.2 Å². The first kappa shape index (κ1) is 20.3. The van der Waals surface area contributed by atoms with E-state index in [1.54, 1.807) is 10.7 Å². The summed E-state index contributed by atoms with van der Waals surface area (Å²) in [5, 5.41) is 17.1. The molecule has 2 saturated heterocycles. The number of aliphatic hydroxyl groups is 1. The van der Waals surface area contributed by atoms with Gasteiger partial charge in [-0.2, -0.15) is 5.10 Å². The summed E-state index contributed by atoms with van der Waals surface area (Å²) >= 11 is 0. The fraction of sp³-hybridized carbons (Fsp3) is 0.478. The molecule has 3 fully saturated rings. The van der Waals surface area contributed by atoms with E-state index in [0.29, 0.717) is 28.9 Å². The van der Waals surface area contributed by atoms with Crippen molar-refractivity contribution in [3.8, 4) is 0 Å². The Morgan fingerprint density at radius 2 is 2.21 bits per heavy atom. The van der Waals surface area contributed by atoms with Crippen LogP contribution in [0.1, 0.15) is 37.4 Å². The van der Waals surface area contributed by atoms with E-state index < -0.39 is 11.4 Å². The Bertz CT molecular complexity index is 1250. The molecule has 6 rings (SSSR count). The number of fused-ring (bicyclic) bond motifs is 2. The molecular formula is C23H26FN7O2. The van der Waals surface area contributed by atoms with Crippen LogP contribution in [0.5, 0.6) is 0 Å². The van der Waals surface area contributed by atoms with Crippen LogP contribution < -0.4 is 10.2 Å². The van der Waals surface area contributed by atoms with E-state index >= 15 is 0 Å². The summed E-state index contributed by atoms with van der Waals surface area (Å²) in [6.07, 6.45) is 7.43. The normalized spacial score (nSPS) is 26.2. The number of nitrogens with one attached hydrogen (secondary N) is 1. The van der Waals surface area contributed by atoms with Gasteiger partial charge in [0.2, 0.25) is 0 Å². The van der Waals surface area contributed by atoms with Crippen molar-refractivity contribution in [2.45, 2.75) is 38.3 Å². The highest BCUT2D eigenvalue weighted by Gasteiger charge is 2.64. The molecule has 3 aliphatic rings. The first-order chi connectivity index (χ1) is 16.0. The molecule has 172 valence electrons. The van der Waals surface area contributed by atoms with Crippen LogP contribution in [0.15, 0.2) is 30.7 Å². The van der Waals surface area contributed by atoms with Crippen molar-refractivity contribution in [2.75, 3.05) is 29.9 Å². The summed E-state index contributed by atoms with van der Waals surface area (Å²) in [6, 6.07) is 3.25. The quantitative estimate of drug-likeness (QED) is 0.633.